The van der Waals surface area contributed by atoms with E-state index >= 15 is 0 Å². The van der Waals surface area contributed by atoms with Crippen molar-refractivity contribution in [1.82, 2.24) is 9.97 Å². The minimum atomic E-state index is 0.302. The standard InChI is InChI=1S/C15H16N4S2/c1-3-9-8-10-13(18-15(16)19-14(10)21-9)17-11-6-4-5-7-12(11)20-2/h4-8H,3H2,1-2H3,(H3,16,17,18,19). The zero-order chi connectivity index (χ0) is 14.8. The Balaban J connectivity index is 2.09. The van der Waals surface area contributed by atoms with Gasteiger partial charge < -0.3 is 11.1 Å². The van der Waals surface area contributed by atoms with Crippen LogP contribution in [-0.4, -0.2) is 16.2 Å². The lowest BCUT2D eigenvalue weighted by Crippen LogP contribution is -2.00. The topological polar surface area (TPSA) is 63.8 Å². The van der Waals surface area contributed by atoms with E-state index in [-0.39, 0.29) is 0 Å². The fourth-order valence-corrected chi connectivity index (χ4v) is 3.66. The van der Waals surface area contributed by atoms with Gasteiger partial charge in [0.2, 0.25) is 5.95 Å². The van der Waals surface area contributed by atoms with Crippen molar-refractivity contribution in [3.8, 4) is 0 Å². The molecule has 0 aliphatic rings. The molecular weight excluding hydrogens is 300 g/mol. The van der Waals surface area contributed by atoms with Gasteiger partial charge in [0, 0.05) is 9.77 Å². The second-order valence-corrected chi connectivity index (χ2v) is 6.50. The van der Waals surface area contributed by atoms with Gasteiger partial charge in [-0.3, -0.25) is 0 Å². The quantitative estimate of drug-likeness (QED) is 0.703. The van der Waals surface area contributed by atoms with Crippen molar-refractivity contribution in [2.45, 2.75) is 18.2 Å². The molecule has 0 unspecified atom stereocenters. The molecule has 3 N–H and O–H groups in total. The Bertz CT molecular complexity index is 782. The predicted molar refractivity (Wildman–Crippen MR) is 92.7 cm³/mol. The summed E-state index contributed by atoms with van der Waals surface area (Å²) in [5.41, 5.74) is 6.87. The fraction of sp³-hybridized carbons (Fsp3) is 0.200. The highest BCUT2D eigenvalue weighted by atomic mass is 32.2. The number of thioether (sulfide) groups is 1. The number of thiophene rings is 1. The van der Waals surface area contributed by atoms with E-state index in [0.717, 1.165) is 28.1 Å². The summed E-state index contributed by atoms with van der Waals surface area (Å²) in [5.74, 6) is 1.08. The van der Waals surface area contributed by atoms with E-state index in [1.54, 1.807) is 23.1 Å². The minimum absolute atomic E-state index is 0.302. The van der Waals surface area contributed by atoms with Crippen molar-refractivity contribution in [1.29, 1.82) is 0 Å². The average molecular weight is 316 g/mol. The van der Waals surface area contributed by atoms with Crippen molar-refractivity contribution >= 4 is 50.8 Å². The molecule has 21 heavy (non-hydrogen) atoms. The normalized spacial score (nSPS) is 11.0. The van der Waals surface area contributed by atoms with Gasteiger partial charge in [0.15, 0.2) is 0 Å². The van der Waals surface area contributed by atoms with Gasteiger partial charge in [-0.1, -0.05) is 19.1 Å². The molecule has 0 aliphatic heterocycles. The molecular formula is C15H16N4S2. The molecule has 0 aliphatic carbocycles. The molecule has 0 saturated carbocycles. The number of nitrogens with zero attached hydrogens (tertiary/aromatic N) is 2. The summed E-state index contributed by atoms with van der Waals surface area (Å²) in [6, 6.07) is 10.3. The van der Waals surface area contributed by atoms with E-state index in [2.05, 4.69) is 40.6 Å². The first-order valence-electron chi connectivity index (χ1n) is 6.67. The number of nitrogens with one attached hydrogen (secondary N) is 1. The molecule has 0 amide bonds. The third-order valence-corrected chi connectivity index (χ3v) is 5.14. The first-order valence-corrected chi connectivity index (χ1v) is 8.71. The zero-order valence-electron chi connectivity index (χ0n) is 11.9. The number of benzene rings is 1. The molecule has 0 atom stereocenters. The highest BCUT2D eigenvalue weighted by Crippen LogP contribution is 2.33. The maximum absolute atomic E-state index is 5.84. The summed E-state index contributed by atoms with van der Waals surface area (Å²) in [7, 11) is 0. The molecule has 0 bridgehead atoms. The average Bonchev–Trinajstić information content (AvgIpc) is 2.91. The van der Waals surface area contributed by atoms with E-state index in [1.165, 1.54) is 9.77 Å². The lowest BCUT2D eigenvalue weighted by Gasteiger charge is -2.10. The third-order valence-electron chi connectivity index (χ3n) is 3.17. The van der Waals surface area contributed by atoms with Crippen LogP contribution in [0.25, 0.3) is 10.2 Å². The van der Waals surface area contributed by atoms with Gasteiger partial charge in [0.1, 0.15) is 10.6 Å². The lowest BCUT2D eigenvalue weighted by atomic mass is 10.3. The van der Waals surface area contributed by atoms with Crippen molar-refractivity contribution in [3.63, 3.8) is 0 Å². The zero-order valence-corrected chi connectivity index (χ0v) is 13.5. The Labute approximate surface area is 131 Å². The second kappa shape index (κ2) is 5.91. The molecule has 108 valence electrons. The Morgan fingerprint density at radius 2 is 2.10 bits per heavy atom. The Morgan fingerprint density at radius 1 is 1.29 bits per heavy atom. The molecule has 3 aromatic rings. The highest BCUT2D eigenvalue weighted by Gasteiger charge is 2.11. The lowest BCUT2D eigenvalue weighted by molar-refractivity contribution is 1.19. The minimum Gasteiger partial charge on any atom is -0.368 e. The van der Waals surface area contributed by atoms with Crippen LogP contribution in [0.3, 0.4) is 0 Å². The molecule has 6 heteroatoms. The van der Waals surface area contributed by atoms with Crippen LogP contribution < -0.4 is 11.1 Å². The summed E-state index contributed by atoms with van der Waals surface area (Å²) >= 11 is 3.37. The van der Waals surface area contributed by atoms with E-state index in [0.29, 0.717) is 5.95 Å². The maximum Gasteiger partial charge on any atom is 0.223 e. The van der Waals surface area contributed by atoms with Crippen LogP contribution in [0, 0.1) is 0 Å². The number of hydrogen-bond acceptors (Lipinski definition) is 6. The van der Waals surface area contributed by atoms with Gasteiger partial charge in [-0.25, -0.2) is 4.98 Å². The number of nitrogen functional groups attached to an aromatic ring is 1. The van der Waals surface area contributed by atoms with Crippen LogP contribution in [0.15, 0.2) is 35.2 Å². The van der Waals surface area contributed by atoms with Crippen LogP contribution in [0.5, 0.6) is 0 Å². The first kappa shape index (κ1) is 14.2. The van der Waals surface area contributed by atoms with E-state index in [4.69, 9.17) is 5.73 Å². The molecule has 0 radical (unpaired) electrons. The van der Waals surface area contributed by atoms with E-state index < -0.39 is 0 Å². The first-order chi connectivity index (χ1) is 10.2. The summed E-state index contributed by atoms with van der Waals surface area (Å²) in [5, 5.41) is 4.43. The van der Waals surface area contributed by atoms with Crippen molar-refractivity contribution in [2.75, 3.05) is 17.3 Å². The van der Waals surface area contributed by atoms with Crippen LogP contribution in [-0.2, 0) is 6.42 Å². The van der Waals surface area contributed by atoms with Crippen LogP contribution in [0.1, 0.15) is 11.8 Å². The fourth-order valence-electron chi connectivity index (χ4n) is 2.13. The summed E-state index contributed by atoms with van der Waals surface area (Å²) in [6.07, 6.45) is 3.05. The number of aryl methyl sites for hydroxylation is 1. The number of fused-ring (bicyclic) bond motifs is 1. The van der Waals surface area contributed by atoms with Crippen molar-refractivity contribution in [3.05, 3.63) is 35.2 Å². The van der Waals surface area contributed by atoms with Crippen LogP contribution in [0.4, 0.5) is 17.5 Å². The van der Waals surface area contributed by atoms with Gasteiger partial charge >= 0.3 is 0 Å². The molecule has 2 aromatic heterocycles. The molecule has 0 fully saturated rings. The summed E-state index contributed by atoms with van der Waals surface area (Å²) in [4.78, 5) is 12.1. The summed E-state index contributed by atoms with van der Waals surface area (Å²) < 4.78 is 0. The molecule has 4 nitrogen and oxygen atoms in total. The third kappa shape index (κ3) is 2.82. The van der Waals surface area contributed by atoms with Gasteiger partial charge in [0.25, 0.3) is 0 Å². The van der Waals surface area contributed by atoms with Crippen molar-refractivity contribution in [2.24, 2.45) is 0 Å². The Hall–Kier alpha value is -1.79. The largest absolute Gasteiger partial charge is 0.368 e. The van der Waals surface area contributed by atoms with Crippen LogP contribution >= 0.6 is 23.1 Å². The van der Waals surface area contributed by atoms with E-state index in [9.17, 15) is 0 Å². The van der Waals surface area contributed by atoms with Gasteiger partial charge in [0.05, 0.1) is 11.1 Å². The van der Waals surface area contributed by atoms with Crippen molar-refractivity contribution < 1.29 is 0 Å². The molecule has 2 heterocycles. The number of nitrogens with two attached hydrogens (primary N) is 1. The smallest absolute Gasteiger partial charge is 0.223 e. The molecule has 0 spiro atoms. The van der Waals surface area contributed by atoms with E-state index in [1.807, 2.05) is 18.2 Å². The van der Waals surface area contributed by atoms with Crippen LogP contribution in [0.2, 0.25) is 0 Å². The number of rotatable bonds is 4. The number of anilines is 3. The number of para-hydroxylation sites is 1. The SMILES string of the molecule is CCc1cc2c(Nc3ccccc3SC)nc(N)nc2s1. The summed E-state index contributed by atoms with van der Waals surface area (Å²) in [6.45, 7) is 2.14. The van der Waals surface area contributed by atoms with Gasteiger partial charge in [-0.05, 0) is 30.9 Å². The molecule has 3 rings (SSSR count). The second-order valence-electron chi connectivity index (χ2n) is 4.54. The van der Waals surface area contributed by atoms with Gasteiger partial charge in [-0.2, -0.15) is 4.98 Å². The maximum atomic E-state index is 5.84. The molecule has 1 aromatic carbocycles. The number of hydrogen-bond donors (Lipinski definition) is 2. The highest BCUT2D eigenvalue weighted by molar-refractivity contribution is 7.98. The Morgan fingerprint density at radius 3 is 2.86 bits per heavy atom. The predicted octanol–water partition coefficient (Wildman–Crippen LogP) is 4.30. The monoisotopic (exact) mass is 316 g/mol. The van der Waals surface area contributed by atoms with Gasteiger partial charge in [-0.15, -0.1) is 23.1 Å². The molecule has 0 saturated heterocycles. The Kier molecular flexibility index (Phi) is 3.98. The number of aromatic nitrogens is 2.